The van der Waals surface area contributed by atoms with Crippen LogP contribution in [0.25, 0.3) is 0 Å². The molecule has 0 saturated heterocycles. The number of hydrogen-bond acceptors (Lipinski definition) is 4. The minimum atomic E-state index is -0.824. The fourth-order valence-corrected chi connectivity index (χ4v) is 2.25. The number of rotatable bonds is 7. The van der Waals surface area contributed by atoms with Crippen LogP contribution >= 0.6 is 0 Å². The van der Waals surface area contributed by atoms with Gasteiger partial charge in [-0.1, -0.05) is 42.5 Å². The van der Waals surface area contributed by atoms with E-state index in [4.69, 9.17) is 4.74 Å². The fourth-order valence-electron chi connectivity index (χ4n) is 2.25. The van der Waals surface area contributed by atoms with Crippen molar-refractivity contribution in [3.8, 4) is 5.75 Å². The van der Waals surface area contributed by atoms with Crippen molar-refractivity contribution in [2.45, 2.75) is 26.7 Å². The number of para-hydroxylation sites is 2. The van der Waals surface area contributed by atoms with Crippen LogP contribution in [0.3, 0.4) is 0 Å². The Kier molecular flexibility index (Phi) is 7.36. The maximum atomic E-state index is 12.0. The number of hydrogen-bond donors (Lipinski definition) is 2. The highest BCUT2D eigenvalue weighted by Gasteiger charge is 2.15. The minimum absolute atomic E-state index is 0.444. The second-order valence-electron chi connectivity index (χ2n) is 5.66. The summed E-state index contributed by atoms with van der Waals surface area (Å²) < 4.78 is 5.42. The molecule has 0 aliphatic heterocycles. The SMILES string of the molecule is CCOc1ccccc1NC(=O)C(=O)N/N=C(/C)CCc1ccccc1. The molecular formula is C20H23N3O3. The highest BCUT2D eigenvalue weighted by atomic mass is 16.5. The molecule has 0 aliphatic carbocycles. The molecule has 0 saturated carbocycles. The van der Waals surface area contributed by atoms with Crippen LogP contribution < -0.4 is 15.5 Å². The lowest BCUT2D eigenvalue weighted by Crippen LogP contribution is -2.33. The Labute approximate surface area is 153 Å². The van der Waals surface area contributed by atoms with Crippen LogP contribution in [0.2, 0.25) is 0 Å². The van der Waals surface area contributed by atoms with E-state index in [9.17, 15) is 9.59 Å². The predicted molar refractivity (Wildman–Crippen MR) is 102 cm³/mol. The summed E-state index contributed by atoms with van der Waals surface area (Å²) in [7, 11) is 0. The summed E-state index contributed by atoms with van der Waals surface area (Å²) in [5.74, 6) is -1.11. The average molecular weight is 353 g/mol. The van der Waals surface area contributed by atoms with Crippen molar-refractivity contribution in [1.82, 2.24) is 5.43 Å². The van der Waals surface area contributed by atoms with Gasteiger partial charge in [-0.15, -0.1) is 0 Å². The first-order valence-electron chi connectivity index (χ1n) is 8.50. The molecule has 0 aliphatic rings. The molecule has 2 rings (SSSR count). The van der Waals surface area contributed by atoms with E-state index in [2.05, 4.69) is 15.8 Å². The molecule has 26 heavy (non-hydrogen) atoms. The van der Waals surface area contributed by atoms with Gasteiger partial charge in [0.2, 0.25) is 0 Å². The van der Waals surface area contributed by atoms with E-state index in [0.717, 1.165) is 12.1 Å². The lowest BCUT2D eigenvalue weighted by atomic mass is 10.1. The number of amides is 2. The summed E-state index contributed by atoms with van der Waals surface area (Å²) in [5.41, 5.74) is 4.66. The molecule has 0 atom stereocenters. The largest absolute Gasteiger partial charge is 0.492 e. The van der Waals surface area contributed by atoms with Gasteiger partial charge in [0.25, 0.3) is 0 Å². The molecule has 0 radical (unpaired) electrons. The number of nitrogens with zero attached hydrogens (tertiary/aromatic N) is 1. The topological polar surface area (TPSA) is 79.8 Å². The number of hydrazone groups is 1. The summed E-state index contributed by atoms with van der Waals surface area (Å²) >= 11 is 0. The first kappa shape index (κ1) is 19.2. The Morgan fingerprint density at radius 3 is 2.42 bits per heavy atom. The molecular weight excluding hydrogens is 330 g/mol. The molecule has 2 aromatic rings. The molecule has 0 heterocycles. The zero-order valence-electron chi connectivity index (χ0n) is 15.0. The van der Waals surface area contributed by atoms with Gasteiger partial charge >= 0.3 is 11.8 Å². The van der Waals surface area contributed by atoms with Crippen LogP contribution in [0.15, 0.2) is 59.7 Å². The highest BCUT2D eigenvalue weighted by molar-refractivity contribution is 6.39. The summed E-state index contributed by atoms with van der Waals surface area (Å²) in [5, 5.41) is 6.52. The number of anilines is 1. The van der Waals surface area contributed by atoms with E-state index in [1.165, 1.54) is 5.56 Å². The van der Waals surface area contributed by atoms with Crippen LogP contribution in [-0.4, -0.2) is 24.1 Å². The number of ether oxygens (including phenoxy) is 1. The van der Waals surface area contributed by atoms with E-state index in [1.54, 1.807) is 24.3 Å². The minimum Gasteiger partial charge on any atom is -0.492 e. The Morgan fingerprint density at radius 2 is 1.69 bits per heavy atom. The van der Waals surface area contributed by atoms with Crippen molar-refractivity contribution in [2.75, 3.05) is 11.9 Å². The highest BCUT2D eigenvalue weighted by Crippen LogP contribution is 2.23. The molecule has 6 nitrogen and oxygen atoms in total. The number of nitrogens with one attached hydrogen (secondary N) is 2. The molecule has 2 N–H and O–H groups in total. The van der Waals surface area contributed by atoms with Gasteiger partial charge in [-0.3, -0.25) is 9.59 Å². The molecule has 0 unspecified atom stereocenters. The van der Waals surface area contributed by atoms with Gasteiger partial charge in [0.15, 0.2) is 0 Å². The second kappa shape index (κ2) is 9.98. The fraction of sp³-hybridized carbons (Fsp3) is 0.250. The molecule has 0 fully saturated rings. The van der Waals surface area contributed by atoms with Crippen molar-refractivity contribution in [2.24, 2.45) is 5.10 Å². The van der Waals surface area contributed by atoms with Crippen LogP contribution in [0.4, 0.5) is 5.69 Å². The van der Waals surface area contributed by atoms with Crippen molar-refractivity contribution < 1.29 is 14.3 Å². The normalized spacial score (nSPS) is 10.9. The Bertz CT molecular complexity index is 773. The van der Waals surface area contributed by atoms with Gasteiger partial charge in [0.1, 0.15) is 5.75 Å². The van der Waals surface area contributed by atoms with Gasteiger partial charge in [-0.05, 0) is 44.4 Å². The molecule has 0 spiro atoms. The molecule has 0 aromatic heterocycles. The van der Waals surface area contributed by atoms with Gasteiger partial charge < -0.3 is 10.1 Å². The van der Waals surface area contributed by atoms with Gasteiger partial charge in [0, 0.05) is 5.71 Å². The third-order valence-electron chi connectivity index (χ3n) is 3.61. The van der Waals surface area contributed by atoms with Crippen LogP contribution in [0, 0.1) is 0 Å². The molecule has 2 amide bonds. The summed E-state index contributed by atoms with van der Waals surface area (Å²) in [6.07, 6.45) is 1.51. The van der Waals surface area contributed by atoms with E-state index in [-0.39, 0.29) is 0 Å². The van der Waals surface area contributed by atoms with Gasteiger partial charge in [-0.2, -0.15) is 5.10 Å². The van der Waals surface area contributed by atoms with E-state index < -0.39 is 11.8 Å². The predicted octanol–water partition coefficient (Wildman–Crippen LogP) is 3.15. The van der Waals surface area contributed by atoms with Crippen molar-refractivity contribution >= 4 is 23.2 Å². The number of aryl methyl sites for hydroxylation is 1. The smallest absolute Gasteiger partial charge is 0.329 e. The molecule has 6 heteroatoms. The standard InChI is InChI=1S/C20H23N3O3/c1-3-26-18-12-8-7-11-17(18)21-19(24)20(25)23-22-15(2)13-14-16-9-5-4-6-10-16/h4-12H,3,13-14H2,1-2H3,(H,21,24)(H,23,25)/b22-15-. The first-order chi connectivity index (χ1) is 12.6. The lowest BCUT2D eigenvalue weighted by molar-refractivity contribution is -0.136. The Morgan fingerprint density at radius 1 is 1.00 bits per heavy atom. The third-order valence-corrected chi connectivity index (χ3v) is 3.61. The third kappa shape index (κ3) is 6.05. The zero-order chi connectivity index (χ0) is 18.8. The Balaban J connectivity index is 1.85. The number of carbonyl (C=O) groups is 2. The maximum Gasteiger partial charge on any atom is 0.329 e. The Hall–Kier alpha value is -3.15. The summed E-state index contributed by atoms with van der Waals surface area (Å²) in [6.45, 7) is 4.12. The molecule has 136 valence electrons. The van der Waals surface area contributed by atoms with E-state index >= 15 is 0 Å². The van der Waals surface area contributed by atoms with Crippen molar-refractivity contribution in [1.29, 1.82) is 0 Å². The van der Waals surface area contributed by atoms with Crippen molar-refractivity contribution in [3.63, 3.8) is 0 Å². The molecule has 0 bridgehead atoms. The molecule has 2 aromatic carbocycles. The second-order valence-corrected chi connectivity index (χ2v) is 5.66. The first-order valence-corrected chi connectivity index (χ1v) is 8.50. The van der Waals surface area contributed by atoms with Crippen LogP contribution in [-0.2, 0) is 16.0 Å². The lowest BCUT2D eigenvalue weighted by Gasteiger charge is -2.10. The van der Waals surface area contributed by atoms with E-state index in [0.29, 0.717) is 24.5 Å². The summed E-state index contributed by atoms with van der Waals surface area (Å²) in [4.78, 5) is 23.9. The van der Waals surface area contributed by atoms with E-state index in [1.807, 2.05) is 44.2 Å². The quantitative estimate of drug-likeness (QED) is 0.456. The number of benzene rings is 2. The average Bonchev–Trinajstić information content (AvgIpc) is 2.67. The van der Waals surface area contributed by atoms with Crippen molar-refractivity contribution in [3.05, 3.63) is 60.2 Å². The van der Waals surface area contributed by atoms with Gasteiger partial charge in [0.05, 0.1) is 12.3 Å². The van der Waals surface area contributed by atoms with Crippen LogP contribution in [0.5, 0.6) is 5.75 Å². The van der Waals surface area contributed by atoms with Gasteiger partial charge in [-0.25, -0.2) is 5.43 Å². The van der Waals surface area contributed by atoms with Crippen LogP contribution in [0.1, 0.15) is 25.8 Å². The summed E-state index contributed by atoms with van der Waals surface area (Å²) in [6, 6.07) is 16.9. The monoisotopic (exact) mass is 353 g/mol. The zero-order valence-corrected chi connectivity index (χ0v) is 15.0. The number of carbonyl (C=O) groups excluding carboxylic acids is 2. The maximum absolute atomic E-state index is 12.0.